The van der Waals surface area contributed by atoms with Gasteiger partial charge in [-0.1, -0.05) is 0 Å². The number of carbonyl (C=O) groups excluding carboxylic acids is 2. The van der Waals surface area contributed by atoms with Crippen LogP contribution in [0.15, 0.2) is 18.2 Å². The Kier molecular flexibility index (Phi) is 5.55. The molecule has 19 heavy (non-hydrogen) atoms. The van der Waals surface area contributed by atoms with E-state index in [-0.39, 0.29) is 18.1 Å². The van der Waals surface area contributed by atoms with Gasteiger partial charge >= 0.3 is 0 Å². The molecule has 0 aliphatic carbocycles. The maximum atomic E-state index is 12.1. The smallest absolute Gasteiger partial charge is 0.227 e. The van der Waals surface area contributed by atoms with Gasteiger partial charge in [0.25, 0.3) is 0 Å². The Morgan fingerprint density at radius 1 is 1.21 bits per heavy atom. The topological polar surface area (TPSA) is 46.6 Å². The van der Waals surface area contributed by atoms with E-state index in [2.05, 4.69) is 0 Å². The van der Waals surface area contributed by atoms with Crippen LogP contribution in [0, 0.1) is 0 Å². The van der Waals surface area contributed by atoms with E-state index in [0.717, 1.165) is 5.56 Å². The highest BCUT2D eigenvalue weighted by atomic mass is 16.5. The molecule has 0 fully saturated rings. The third-order valence-electron chi connectivity index (χ3n) is 3.14. The minimum Gasteiger partial charge on any atom is -0.496 e. The molecule has 1 aromatic carbocycles. The van der Waals surface area contributed by atoms with Crippen LogP contribution >= 0.6 is 0 Å². The molecule has 1 rings (SSSR count). The molecule has 0 unspecified atom stereocenters. The predicted octanol–water partition coefficient (Wildman–Crippen LogP) is 2.31. The first-order chi connectivity index (χ1) is 9.03. The Bertz CT molecular complexity index is 464. The summed E-state index contributed by atoms with van der Waals surface area (Å²) < 4.78 is 5.25. The summed E-state index contributed by atoms with van der Waals surface area (Å²) in [5.74, 6) is 0.675. The number of nitrogens with zero attached hydrogens (tertiary/aromatic N) is 1. The molecule has 0 bridgehead atoms. The average molecular weight is 263 g/mol. The predicted molar refractivity (Wildman–Crippen MR) is 74.6 cm³/mol. The highest BCUT2D eigenvalue weighted by Gasteiger charge is 2.14. The lowest BCUT2D eigenvalue weighted by Crippen LogP contribution is -2.31. The number of ketones is 1. The van der Waals surface area contributed by atoms with Crippen molar-refractivity contribution in [3.05, 3.63) is 29.3 Å². The van der Waals surface area contributed by atoms with Gasteiger partial charge in [0, 0.05) is 24.2 Å². The number of Topliss-reactive ketones (excluding diaryl/α,β-unsaturated/α-hetero) is 1. The molecular formula is C15H21NO3. The maximum Gasteiger partial charge on any atom is 0.227 e. The van der Waals surface area contributed by atoms with Gasteiger partial charge in [-0.25, -0.2) is 0 Å². The van der Waals surface area contributed by atoms with Crippen LogP contribution in [0.5, 0.6) is 5.75 Å². The number of methoxy groups -OCH3 is 1. The lowest BCUT2D eigenvalue weighted by molar-refractivity contribution is -0.130. The van der Waals surface area contributed by atoms with Gasteiger partial charge in [0.1, 0.15) is 5.75 Å². The quantitative estimate of drug-likeness (QED) is 0.740. The first-order valence-electron chi connectivity index (χ1n) is 6.49. The van der Waals surface area contributed by atoms with E-state index in [4.69, 9.17) is 4.74 Å². The summed E-state index contributed by atoms with van der Waals surface area (Å²) in [5, 5.41) is 0. The minimum atomic E-state index is -0.0146. The second kappa shape index (κ2) is 6.92. The first-order valence-corrected chi connectivity index (χ1v) is 6.49. The zero-order valence-corrected chi connectivity index (χ0v) is 12.0. The first kappa shape index (κ1) is 15.2. The number of benzene rings is 1. The zero-order chi connectivity index (χ0) is 14.4. The van der Waals surface area contributed by atoms with Gasteiger partial charge in [0.05, 0.1) is 13.5 Å². The minimum absolute atomic E-state index is 0.0146. The van der Waals surface area contributed by atoms with E-state index < -0.39 is 0 Å². The Morgan fingerprint density at radius 3 is 2.32 bits per heavy atom. The number of likely N-dealkylation sites (N-methyl/N-ethyl adjacent to an activating group) is 1. The van der Waals surface area contributed by atoms with E-state index in [1.165, 1.54) is 6.92 Å². The Balaban J connectivity index is 3.00. The number of hydrogen-bond acceptors (Lipinski definition) is 3. The van der Waals surface area contributed by atoms with Crippen LogP contribution in [-0.2, 0) is 11.2 Å². The molecule has 0 N–H and O–H groups in total. The molecule has 0 saturated heterocycles. The van der Waals surface area contributed by atoms with Gasteiger partial charge in [-0.3, -0.25) is 9.59 Å². The zero-order valence-electron chi connectivity index (χ0n) is 12.0. The number of ether oxygens (including phenoxy) is 1. The summed E-state index contributed by atoms with van der Waals surface area (Å²) in [7, 11) is 1.56. The fraction of sp³-hybridized carbons (Fsp3) is 0.467. The van der Waals surface area contributed by atoms with Gasteiger partial charge in [-0.05, 0) is 39.0 Å². The largest absolute Gasteiger partial charge is 0.496 e. The molecule has 0 aliphatic heterocycles. The third-order valence-corrected chi connectivity index (χ3v) is 3.14. The summed E-state index contributed by atoms with van der Waals surface area (Å²) in [6, 6.07) is 5.19. The number of carbonyl (C=O) groups is 2. The summed E-state index contributed by atoms with van der Waals surface area (Å²) >= 11 is 0. The van der Waals surface area contributed by atoms with Crippen molar-refractivity contribution in [1.29, 1.82) is 0 Å². The van der Waals surface area contributed by atoms with Gasteiger partial charge in [-0.2, -0.15) is 0 Å². The molecule has 0 spiro atoms. The standard InChI is InChI=1S/C15H21NO3/c1-5-16(6-2)15(18)10-13-9-12(11(3)17)7-8-14(13)19-4/h7-9H,5-6,10H2,1-4H3. The van der Waals surface area contributed by atoms with Crippen molar-refractivity contribution in [3.8, 4) is 5.75 Å². The monoisotopic (exact) mass is 263 g/mol. The average Bonchev–Trinajstić information content (AvgIpc) is 2.39. The number of amides is 1. The Morgan fingerprint density at radius 2 is 1.84 bits per heavy atom. The van der Waals surface area contributed by atoms with Crippen LogP contribution < -0.4 is 4.74 Å². The molecule has 0 radical (unpaired) electrons. The van der Waals surface area contributed by atoms with Crippen molar-refractivity contribution < 1.29 is 14.3 Å². The SMILES string of the molecule is CCN(CC)C(=O)Cc1cc(C(C)=O)ccc1OC. The molecular weight excluding hydrogens is 242 g/mol. The van der Waals surface area contributed by atoms with Gasteiger partial charge in [0.15, 0.2) is 5.78 Å². The fourth-order valence-electron chi connectivity index (χ4n) is 1.99. The second-order valence-corrected chi connectivity index (χ2v) is 4.33. The van der Waals surface area contributed by atoms with Crippen molar-refractivity contribution in [1.82, 2.24) is 4.90 Å². The van der Waals surface area contributed by atoms with Crippen LogP contribution in [0.2, 0.25) is 0 Å². The van der Waals surface area contributed by atoms with Gasteiger partial charge < -0.3 is 9.64 Å². The molecule has 4 heteroatoms. The fourth-order valence-corrected chi connectivity index (χ4v) is 1.99. The van der Waals surface area contributed by atoms with Crippen LogP contribution in [0.25, 0.3) is 0 Å². The molecule has 1 amide bonds. The summed E-state index contributed by atoms with van der Waals surface area (Å²) in [5.41, 5.74) is 1.36. The highest BCUT2D eigenvalue weighted by Crippen LogP contribution is 2.21. The van der Waals surface area contributed by atoms with E-state index in [0.29, 0.717) is 24.4 Å². The molecule has 0 atom stereocenters. The van der Waals surface area contributed by atoms with E-state index >= 15 is 0 Å². The second-order valence-electron chi connectivity index (χ2n) is 4.33. The maximum absolute atomic E-state index is 12.1. The van der Waals surface area contributed by atoms with Crippen molar-refractivity contribution in [2.45, 2.75) is 27.2 Å². The van der Waals surface area contributed by atoms with Crippen LogP contribution in [0.3, 0.4) is 0 Å². The van der Waals surface area contributed by atoms with Gasteiger partial charge in [-0.15, -0.1) is 0 Å². The van der Waals surface area contributed by atoms with Crippen LogP contribution in [0.4, 0.5) is 0 Å². The van der Waals surface area contributed by atoms with Crippen LogP contribution in [-0.4, -0.2) is 36.8 Å². The Labute approximate surface area is 114 Å². The molecule has 0 heterocycles. The molecule has 1 aromatic rings. The summed E-state index contributed by atoms with van der Waals surface area (Å²) in [6.07, 6.45) is 0.256. The lowest BCUT2D eigenvalue weighted by atomic mass is 10.0. The molecule has 0 saturated carbocycles. The summed E-state index contributed by atoms with van der Waals surface area (Å²) in [6.45, 7) is 6.78. The van der Waals surface area contributed by atoms with Crippen LogP contribution in [0.1, 0.15) is 36.7 Å². The van der Waals surface area contributed by atoms with Gasteiger partial charge in [0.2, 0.25) is 5.91 Å². The van der Waals surface area contributed by atoms with E-state index in [1.807, 2.05) is 13.8 Å². The van der Waals surface area contributed by atoms with E-state index in [1.54, 1.807) is 30.2 Å². The lowest BCUT2D eigenvalue weighted by Gasteiger charge is -2.19. The molecule has 0 aromatic heterocycles. The number of rotatable bonds is 6. The van der Waals surface area contributed by atoms with Crippen molar-refractivity contribution in [2.24, 2.45) is 0 Å². The van der Waals surface area contributed by atoms with Crippen molar-refractivity contribution >= 4 is 11.7 Å². The molecule has 104 valence electrons. The van der Waals surface area contributed by atoms with E-state index in [9.17, 15) is 9.59 Å². The highest BCUT2D eigenvalue weighted by molar-refractivity contribution is 5.94. The molecule has 0 aliphatic rings. The van der Waals surface area contributed by atoms with Crippen molar-refractivity contribution in [3.63, 3.8) is 0 Å². The normalized spacial score (nSPS) is 10.1. The molecule has 4 nitrogen and oxygen atoms in total. The third kappa shape index (κ3) is 3.81. The Hall–Kier alpha value is -1.84. The van der Waals surface area contributed by atoms with Crippen molar-refractivity contribution in [2.75, 3.05) is 20.2 Å². The number of hydrogen-bond donors (Lipinski definition) is 0. The summed E-state index contributed by atoms with van der Waals surface area (Å²) in [4.78, 5) is 25.3.